The molecule has 0 radical (unpaired) electrons. The Morgan fingerprint density at radius 2 is 2.10 bits per heavy atom. The molecule has 21 heavy (non-hydrogen) atoms. The topological polar surface area (TPSA) is 130 Å². The predicted octanol–water partition coefficient (Wildman–Crippen LogP) is 0.625. The summed E-state index contributed by atoms with van der Waals surface area (Å²) in [6.07, 6.45) is -0.797. The summed E-state index contributed by atoms with van der Waals surface area (Å²) in [5.41, 5.74) is -0.516. The number of benzene rings is 1. The van der Waals surface area contributed by atoms with Crippen LogP contribution in [0.2, 0.25) is 0 Å². The van der Waals surface area contributed by atoms with Gasteiger partial charge in [0.2, 0.25) is 10.0 Å². The van der Waals surface area contributed by atoms with Gasteiger partial charge >= 0.3 is 6.09 Å². The summed E-state index contributed by atoms with van der Waals surface area (Å²) in [5, 5.41) is 19.7. The third-order valence-corrected chi connectivity index (χ3v) is 4.70. The van der Waals surface area contributed by atoms with Crippen LogP contribution >= 0.6 is 0 Å². The minimum Gasteiger partial charge on any atom is -0.465 e. The molecule has 0 bridgehead atoms. The van der Waals surface area contributed by atoms with Crippen molar-refractivity contribution in [1.29, 1.82) is 0 Å². The number of sulfonamides is 1. The van der Waals surface area contributed by atoms with Gasteiger partial charge in [-0.25, -0.2) is 17.9 Å². The molecule has 1 aliphatic rings. The van der Waals surface area contributed by atoms with E-state index in [-0.39, 0.29) is 13.1 Å². The lowest BCUT2D eigenvalue weighted by Crippen LogP contribution is -2.38. The molecule has 0 saturated carbocycles. The Labute approximate surface area is 120 Å². The molecule has 1 aromatic carbocycles. The lowest BCUT2D eigenvalue weighted by Gasteiger charge is -2.14. The van der Waals surface area contributed by atoms with Crippen molar-refractivity contribution in [2.45, 2.75) is 17.4 Å². The van der Waals surface area contributed by atoms with Crippen LogP contribution in [-0.2, 0) is 10.0 Å². The third kappa shape index (κ3) is 3.28. The van der Waals surface area contributed by atoms with Crippen molar-refractivity contribution < 1.29 is 23.2 Å². The Bertz CT molecular complexity index is 674. The normalized spacial score (nSPS) is 18.7. The fourth-order valence-electron chi connectivity index (χ4n) is 2.15. The molecule has 0 aliphatic carbocycles. The number of rotatable bonds is 4. The molecular weight excluding hydrogens is 302 g/mol. The van der Waals surface area contributed by atoms with Crippen LogP contribution < -0.4 is 4.72 Å². The van der Waals surface area contributed by atoms with Crippen LogP contribution in [0.4, 0.5) is 10.5 Å². The molecule has 9 nitrogen and oxygen atoms in total. The maximum atomic E-state index is 12.2. The van der Waals surface area contributed by atoms with Crippen LogP contribution in [0.15, 0.2) is 29.2 Å². The predicted molar refractivity (Wildman–Crippen MR) is 71.4 cm³/mol. The molecule has 2 N–H and O–H groups in total. The lowest BCUT2D eigenvalue weighted by atomic mass is 10.3. The molecule has 0 unspecified atom stereocenters. The highest BCUT2D eigenvalue weighted by atomic mass is 32.2. The average molecular weight is 315 g/mol. The van der Waals surface area contributed by atoms with Crippen molar-refractivity contribution >= 4 is 21.8 Å². The van der Waals surface area contributed by atoms with E-state index in [4.69, 9.17) is 5.11 Å². The van der Waals surface area contributed by atoms with E-state index in [9.17, 15) is 23.3 Å². The van der Waals surface area contributed by atoms with Gasteiger partial charge in [0.25, 0.3) is 5.69 Å². The molecule has 1 fully saturated rings. The highest BCUT2D eigenvalue weighted by Gasteiger charge is 2.32. The fourth-order valence-corrected chi connectivity index (χ4v) is 3.58. The van der Waals surface area contributed by atoms with E-state index in [1.54, 1.807) is 0 Å². The van der Waals surface area contributed by atoms with Gasteiger partial charge in [-0.15, -0.1) is 0 Å². The van der Waals surface area contributed by atoms with Crippen LogP contribution in [-0.4, -0.2) is 48.6 Å². The number of para-hydroxylation sites is 1. The van der Waals surface area contributed by atoms with Crippen LogP contribution in [0.5, 0.6) is 0 Å². The van der Waals surface area contributed by atoms with Crippen molar-refractivity contribution in [2.75, 3.05) is 13.1 Å². The number of nitrogens with zero attached hydrogens (tertiary/aromatic N) is 2. The van der Waals surface area contributed by atoms with Gasteiger partial charge in [-0.3, -0.25) is 10.1 Å². The zero-order chi connectivity index (χ0) is 15.6. The van der Waals surface area contributed by atoms with E-state index in [2.05, 4.69) is 4.72 Å². The van der Waals surface area contributed by atoms with Crippen molar-refractivity contribution in [2.24, 2.45) is 0 Å². The molecule has 0 spiro atoms. The van der Waals surface area contributed by atoms with E-state index < -0.39 is 37.7 Å². The summed E-state index contributed by atoms with van der Waals surface area (Å²) in [5.74, 6) is 0. The molecule has 1 aliphatic heterocycles. The summed E-state index contributed by atoms with van der Waals surface area (Å²) >= 11 is 0. The summed E-state index contributed by atoms with van der Waals surface area (Å²) < 4.78 is 26.7. The number of hydrogen-bond acceptors (Lipinski definition) is 5. The summed E-state index contributed by atoms with van der Waals surface area (Å²) in [7, 11) is -4.08. The molecule has 10 heteroatoms. The standard InChI is InChI=1S/C11H13N3O6S/c15-11(16)13-6-5-8(7-13)12-21(19,20)10-4-2-1-3-9(10)14(17)18/h1-4,8,12H,5-7H2,(H,15,16)/t8-/m1/s1. The Kier molecular flexibility index (Phi) is 4.09. The number of likely N-dealkylation sites (tertiary alicyclic amines) is 1. The van der Waals surface area contributed by atoms with E-state index in [0.29, 0.717) is 6.42 Å². The molecule has 1 aromatic rings. The minimum absolute atomic E-state index is 0.0230. The number of amides is 1. The Morgan fingerprint density at radius 3 is 2.67 bits per heavy atom. The van der Waals surface area contributed by atoms with E-state index in [1.807, 2.05) is 0 Å². The second-order valence-corrected chi connectivity index (χ2v) is 6.24. The lowest BCUT2D eigenvalue weighted by molar-refractivity contribution is -0.387. The van der Waals surface area contributed by atoms with Crippen molar-refractivity contribution in [3.8, 4) is 0 Å². The van der Waals surface area contributed by atoms with Gasteiger partial charge in [-0.2, -0.15) is 0 Å². The molecular formula is C11H13N3O6S. The summed E-state index contributed by atoms with van der Waals surface area (Å²) in [6.45, 7) is 0.245. The van der Waals surface area contributed by atoms with Crippen molar-refractivity contribution in [1.82, 2.24) is 9.62 Å². The van der Waals surface area contributed by atoms with Crippen LogP contribution in [0.1, 0.15) is 6.42 Å². The molecule has 0 aromatic heterocycles. The largest absolute Gasteiger partial charge is 0.465 e. The summed E-state index contributed by atoms with van der Waals surface area (Å²) in [6, 6.07) is 4.42. The second-order valence-electron chi connectivity index (χ2n) is 4.56. The molecule has 1 saturated heterocycles. The minimum atomic E-state index is -4.08. The van der Waals surface area contributed by atoms with Gasteiger partial charge in [-0.1, -0.05) is 12.1 Å². The number of nitro benzene ring substituents is 1. The Morgan fingerprint density at radius 1 is 1.43 bits per heavy atom. The van der Waals surface area contributed by atoms with Crippen LogP contribution in [0.3, 0.4) is 0 Å². The SMILES string of the molecule is O=C(O)N1CC[C@@H](NS(=O)(=O)c2ccccc2[N+](=O)[O-])C1. The van der Waals surface area contributed by atoms with E-state index in [1.165, 1.54) is 12.1 Å². The molecule has 114 valence electrons. The Hall–Kier alpha value is -2.20. The van der Waals surface area contributed by atoms with Gasteiger partial charge in [-0.05, 0) is 12.5 Å². The van der Waals surface area contributed by atoms with Crippen LogP contribution in [0, 0.1) is 10.1 Å². The molecule has 1 amide bonds. The number of hydrogen-bond donors (Lipinski definition) is 2. The number of nitrogens with one attached hydrogen (secondary N) is 1. The number of carboxylic acid groups (broad SMARTS) is 1. The number of carbonyl (C=O) groups is 1. The number of nitro groups is 1. The molecule has 1 heterocycles. The van der Waals surface area contributed by atoms with Crippen molar-refractivity contribution in [3.05, 3.63) is 34.4 Å². The first-order chi connectivity index (χ1) is 9.81. The van der Waals surface area contributed by atoms with Gasteiger partial charge < -0.3 is 10.0 Å². The Balaban J connectivity index is 2.20. The quantitative estimate of drug-likeness (QED) is 0.619. The first-order valence-electron chi connectivity index (χ1n) is 6.05. The van der Waals surface area contributed by atoms with Crippen LogP contribution in [0.25, 0.3) is 0 Å². The second kappa shape index (κ2) is 5.66. The average Bonchev–Trinajstić information content (AvgIpc) is 2.86. The van der Waals surface area contributed by atoms with E-state index >= 15 is 0 Å². The monoisotopic (exact) mass is 315 g/mol. The van der Waals surface area contributed by atoms with Crippen molar-refractivity contribution in [3.63, 3.8) is 0 Å². The molecule has 2 rings (SSSR count). The maximum Gasteiger partial charge on any atom is 0.407 e. The maximum absolute atomic E-state index is 12.2. The van der Waals surface area contributed by atoms with Gasteiger partial charge in [0.15, 0.2) is 4.90 Å². The third-order valence-electron chi connectivity index (χ3n) is 3.13. The fraction of sp³-hybridized carbons (Fsp3) is 0.364. The zero-order valence-electron chi connectivity index (χ0n) is 10.8. The van der Waals surface area contributed by atoms with E-state index in [0.717, 1.165) is 17.0 Å². The first kappa shape index (κ1) is 15.2. The highest BCUT2D eigenvalue weighted by molar-refractivity contribution is 7.89. The zero-order valence-corrected chi connectivity index (χ0v) is 11.6. The van der Waals surface area contributed by atoms with Gasteiger partial charge in [0, 0.05) is 25.2 Å². The van der Waals surface area contributed by atoms with Gasteiger partial charge in [0.05, 0.1) is 4.92 Å². The van der Waals surface area contributed by atoms with Gasteiger partial charge in [0.1, 0.15) is 0 Å². The smallest absolute Gasteiger partial charge is 0.407 e. The highest BCUT2D eigenvalue weighted by Crippen LogP contribution is 2.23. The first-order valence-corrected chi connectivity index (χ1v) is 7.53. The molecule has 1 atom stereocenters. The summed E-state index contributed by atoms with van der Waals surface area (Å²) in [4.78, 5) is 21.6.